The van der Waals surface area contributed by atoms with E-state index in [1.54, 1.807) is 17.8 Å². The normalized spacial score (nSPS) is 12.2. The molecule has 1 unspecified atom stereocenters. The van der Waals surface area contributed by atoms with E-state index >= 15 is 0 Å². The first-order valence-corrected chi connectivity index (χ1v) is 12.7. The van der Waals surface area contributed by atoms with Crippen molar-refractivity contribution in [1.82, 2.24) is 30.0 Å². The molecule has 3 heterocycles. The van der Waals surface area contributed by atoms with Gasteiger partial charge in [-0.3, -0.25) is 14.3 Å². The first kappa shape index (κ1) is 23.4. The van der Waals surface area contributed by atoms with Crippen LogP contribution >= 0.6 is 34.7 Å². The molecule has 4 rings (SSSR count). The van der Waals surface area contributed by atoms with Gasteiger partial charge in [0.1, 0.15) is 10.7 Å². The third kappa shape index (κ3) is 5.61. The van der Waals surface area contributed by atoms with Crippen LogP contribution in [-0.4, -0.2) is 36.7 Å². The number of pyridine rings is 1. The molecule has 3 aromatic heterocycles. The van der Waals surface area contributed by atoms with Crippen molar-refractivity contribution in [2.24, 2.45) is 5.92 Å². The molecule has 0 radical (unpaired) electrons. The molecule has 1 amide bonds. The molecule has 0 saturated heterocycles. The van der Waals surface area contributed by atoms with Crippen LogP contribution in [-0.2, 0) is 5.75 Å². The van der Waals surface area contributed by atoms with Crippen LogP contribution in [0.4, 0.5) is 0 Å². The van der Waals surface area contributed by atoms with Gasteiger partial charge in [-0.15, -0.1) is 21.5 Å². The maximum absolute atomic E-state index is 12.5. The van der Waals surface area contributed by atoms with E-state index in [0.29, 0.717) is 33.4 Å². The average molecular weight is 499 g/mol. The van der Waals surface area contributed by atoms with Gasteiger partial charge in [0.2, 0.25) is 0 Å². The summed E-state index contributed by atoms with van der Waals surface area (Å²) in [5.41, 5.74) is 2.15. The van der Waals surface area contributed by atoms with Gasteiger partial charge in [0, 0.05) is 34.4 Å². The second-order valence-corrected chi connectivity index (χ2v) is 10.1. The quantitative estimate of drug-likeness (QED) is 0.322. The Morgan fingerprint density at radius 2 is 2.06 bits per heavy atom. The molecule has 0 fully saturated rings. The molecule has 0 aliphatic heterocycles. The highest BCUT2D eigenvalue weighted by Gasteiger charge is 2.19. The zero-order chi connectivity index (χ0) is 23.4. The van der Waals surface area contributed by atoms with Crippen LogP contribution in [0.25, 0.3) is 17.1 Å². The Bertz CT molecular complexity index is 1240. The Morgan fingerprint density at radius 3 is 2.79 bits per heavy atom. The monoisotopic (exact) mass is 498 g/mol. The lowest BCUT2D eigenvalue weighted by atomic mass is 10.1. The summed E-state index contributed by atoms with van der Waals surface area (Å²) in [6.45, 7) is 6.14. The number of thioether (sulfide) groups is 1. The summed E-state index contributed by atoms with van der Waals surface area (Å²) in [4.78, 5) is 21.2. The second-order valence-electron chi connectivity index (χ2n) is 7.78. The summed E-state index contributed by atoms with van der Waals surface area (Å²) in [6, 6.07) is 11.4. The van der Waals surface area contributed by atoms with E-state index in [2.05, 4.69) is 39.3 Å². The van der Waals surface area contributed by atoms with Gasteiger partial charge in [-0.1, -0.05) is 43.3 Å². The van der Waals surface area contributed by atoms with E-state index in [0.717, 1.165) is 16.3 Å². The summed E-state index contributed by atoms with van der Waals surface area (Å²) in [6.07, 6.45) is 3.47. The molecule has 4 aromatic rings. The van der Waals surface area contributed by atoms with E-state index in [-0.39, 0.29) is 11.9 Å². The highest BCUT2D eigenvalue weighted by atomic mass is 35.5. The molecule has 0 aliphatic carbocycles. The first-order chi connectivity index (χ1) is 15.9. The number of thiazole rings is 1. The van der Waals surface area contributed by atoms with Crippen molar-refractivity contribution in [2.75, 3.05) is 0 Å². The van der Waals surface area contributed by atoms with Crippen molar-refractivity contribution in [1.29, 1.82) is 0 Å². The van der Waals surface area contributed by atoms with Crippen LogP contribution in [0.3, 0.4) is 0 Å². The van der Waals surface area contributed by atoms with Crippen LogP contribution < -0.4 is 5.32 Å². The molecule has 1 aromatic carbocycles. The summed E-state index contributed by atoms with van der Waals surface area (Å²) in [5.74, 6) is 1.44. The summed E-state index contributed by atoms with van der Waals surface area (Å²) in [7, 11) is 0. The fourth-order valence-electron chi connectivity index (χ4n) is 2.95. The van der Waals surface area contributed by atoms with Crippen molar-refractivity contribution in [3.8, 4) is 17.1 Å². The number of aromatic nitrogens is 5. The Hall–Kier alpha value is -2.75. The van der Waals surface area contributed by atoms with Crippen molar-refractivity contribution in [3.63, 3.8) is 0 Å². The lowest BCUT2D eigenvalue weighted by Gasteiger charge is -2.16. The number of nitrogens with zero attached hydrogens (tertiary/aromatic N) is 5. The van der Waals surface area contributed by atoms with Crippen LogP contribution in [0.1, 0.15) is 36.3 Å². The molecule has 33 heavy (non-hydrogen) atoms. The summed E-state index contributed by atoms with van der Waals surface area (Å²) < 4.78 is 1.96. The van der Waals surface area contributed by atoms with E-state index in [1.807, 2.05) is 47.9 Å². The van der Waals surface area contributed by atoms with Gasteiger partial charge in [0.05, 0.1) is 11.4 Å². The fraction of sp³-hybridized carbons (Fsp3) is 0.261. The average Bonchev–Trinajstić information content (AvgIpc) is 3.45. The molecule has 10 heteroatoms. The Kier molecular flexibility index (Phi) is 7.42. The number of rotatable bonds is 8. The number of amides is 1. The van der Waals surface area contributed by atoms with Gasteiger partial charge in [0.15, 0.2) is 11.0 Å². The van der Waals surface area contributed by atoms with Crippen LogP contribution in [0, 0.1) is 5.92 Å². The smallest absolute Gasteiger partial charge is 0.270 e. The minimum atomic E-state index is -0.148. The van der Waals surface area contributed by atoms with Gasteiger partial charge >= 0.3 is 0 Å². The van der Waals surface area contributed by atoms with E-state index < -0.39 is 0 Å². The van der Waals surface area contributed by atoms with Gasteiger partial charge in [-0.2, -0.15) is 0 Å². The van der Waals surface area contributed by atoms with Crippen molar-refractivity contribution in [3.05, 3.63) is 69.9 Å². The van der Waals surface area contributed by atoms with E-state index in [1.165, 1.54) is 23.1 Å². The van der Waals surface area contributed by atoms with Crippen LogP contribution in [0.5, 0.6) is 0 Å². The SMILES string of the molecule is CC(C)C(C)NC(=O)c1csc(CSc2nnc(-c3cccnc3)n2-c2cccc(Cl)c2)n1. The van der Waals surface area contributed by atoms with Crippen molar-refractivity contribution >= 4 is 40.6 Å². The number of hydrogen-bond donors (Lipinski definition) is 1. The zero-order valence-electron chi connectivity index (χ0n) is 18.4. The predicted molar refractivity (Wildman–Crippen MR) is 133 cm³/mol. The molecule has 0 saturated carbocycles. The zero-order valence-corrected chi connectivity index (χ0v) is 20.8. The molecular formula is C23H23ClN6OS2. The number of hydrogen-bond acceptors (Lipinski definition) is 7. The van der Waals surface area contributed by atoms with Crippen LogP contribution in [0.15, 0.2) is 59.3 Å². The molecule has 170 valence electrons. The summed E-state index contributed by atoms with van der Waals surface area (Å²) >= 11 is 9.21. The second kappa shape index (κ2) is 10.5. The molecule has 7 nitrogen and oxygen atoms in total. The number of carbonyl (C=O) groups is 1. The number of benzene rings is 1. The fourth-order valence-corrected chi connectivity index (χ4v) is 4.88. The molecule has 1 atom stereocenters. The Labute approximate surface area is 205 Å². The molecule has 1 N–H and O–H groups in total. The van der Waals surface area contributed by atoms with Crippen LogP contribution in [0.2, 0.25) is 5.02 Å². The Morgan fingerprint density at radius 1 is 1.21 bits per heavy atom. The standard InChI is InChI=1S/C23H23ClN6OS2/c1-14(2)15(3)26-22(31)19-12-32-20(27-19)13-33-23-29-28-21(16-6-5-9-25-11-16)30(23)18-8-4-7-17(24)10-18/h4-12,14-15H,13H2,1-3H3,(H,26,31). The lowest BCUT2D eigenvalue weighted by Crippen LogP contribution is -2.36. The third-order valence-electron chi connectivity index (χ3n) is 5.09. The maximum Gasteiger partial charge on any atom is 0.270 e. The number of nitrogens with one attached hydrogen (secondary N) is 1. The third-order valence-corrected chi connectivity index (χ3v) is 7.29. The molecule has 0 bridgehead atoms. The minimum absolute atomic E-state index is 0.0826. The van der Waals surface area contributed by atoms with Gasteiger partial charge in [0.25, 0.3) is 5.91 Å². The highest BCUT2D eigenvalue weighted by Crippen LogP contribution is 2.31. The number of halogens is 1. The van der Waals surface area contributed by atoms with Crippen molar-refractivity contribution < 1.29 is 4.79 Å². The minimum Gasteiger partial charge on any atom is -0.348 e. The van der Waals surface area contributed by atoms with Gasteiger partial charge in [-0.25, -0.2) is 4.98 Å². The largest absolute Gasteiger partial charge is 0.348 e. The van der Waals surface area contributed by atoms with Crippen molar-refractivity contribution in [2.45, 2.75) is 37.7 Å². The number of carbonyl (C=O) groups excluding carboxylic acids is 1. The molecule has 0 spiro atoms. The van der Waals surface area contributed by atoms with E-state index in [9.17, 15) is 4.79 Å². The maximum atomic E-state index is 12.5. The lowest BCUT2D eigenvalue weighted by molar-refractivity contribution is 0.0926. The first-order valence-electron chi connectivity index (χ1n) is 10.4. The molecule has 0 aliphatic rings. The Balaban J connectivity index is 1.56. The van der Waals surface area contributed by atoms with Gasteiger partial charge < -0.3 is 5.32 Å². The molecular weight excluding hydrogens is 476 g/mol. The summed E-state index contributed by atoms with van der Waals surface area (Å²) in [5, 5.41) is 15.8. The topological polar surface area (TPSA) is 85.6 Å². The predicted octanol–water partition coefficient (Wildman–Crippen LogP) is 5.51. The van der Waals surface area contributed by atoms with E-state index in [4.69, 9.17) is 11.6 Å². The van der Waals surface area contributed by atoms with Gasteiger partial charge in [-0.05, 0) is 43.2 Å². The highest BCUT2D eigenvalue weighted by molar-refractivity contribution is 7.98.